The van der Waals surface area contributed by atoms with Gasteiger partial charge in [0.25, 0.3) is 0 Å². The Kier molecular flexibility index (Phi) is 4.74. The molecular formula is C11H23NO. The van der Waals surface area contributed by atoms with Crippen LogP contribution in [0.1, 0.15) is 46.0 Å². The van der Waals surface area contributed by atoms with Gasteiger partial charge in [0.1, 0.15) is 0 Å². The molecule has 1 rings (SSSR count). The summed E-state index contributed by atoms with van der Waals surface area (Å²) in [7, 11) is 0. The third-order valence-corrected chi connectivity index (χ3v) is 2.80. The van der Waals surface area contributed by atoms with E-state index in [4.69, 9.17) is 0 Å². The van der Waals surface area contributed by atoms with Gasteiger partial charge in [0.15, 0.2) is 0 Å². The highest BCUT2D eigenvalue weighted by molar-refractivity contribution is 4.78. The Hall–Kier alpha value is -0.0800. The van der Waals surface area contributed by atoms with Gasteiger partial charge in [0, 0.05) is 12.1 Å². The lowest BCUT2D eigenvalue weighted by Crippen LogP contribution is -2.39. The molecule has 0 heterocycles. The van der Waals surface area contributed by atoms with E-state index in [1.54, 1.807) is 0 Å². The maximum atomic E-state index is 9.17. The third-order valence-electron chi connectivity index (χ3n) is 2.80. The first-order valence-corrected chi connectivity index (χ1v) is 5.59. The van der Waals surface area contributed by atoms with Crippen molar-refractivity contribution in [3.05, 3.63) is 0 Å². The summed E-state index contributed by atoms with van der Waals surface area (Å²) >= 11 is 0. The first kappa shape index (κ1) is 11.0. The van der Waals surface area contributed by atoms with Crippen LogP contribution < -0.4 is 5.32 Å². The highest BCUT2D eigenvalue weighted by atomic mass is 16.3. The second-order valence-corrected chi connectivity index (χ2v) is 4.66. The lowest BCUT2D eigenvalue weighted by molar-refractivity contribution is 0.213. The summed E-state index contributed by atoms with van der Waals surface area (Å²) < 4.78 is 0. The summed E-state index contributed by atoms with van der Waals surface area (Å²) in [6.45, 7) is 4.70. The average Bonchev–Trinajstić information content (AvgIpc) is 2.55. The van der Waals surface area contributed by atoms with E-state index < -0.39 is 0 Å². The van der Waals surface area contributed by atoms with Crippen LogP contribution in [-0.2, 0) is 0 Å². The molecular weight excluding hydrogens is 162 g/mol. The van der Waals surface area contributed by atoms with Crippen LogP contribution in [0.25, 0.3) is 0 Å². The van der Waals surface area contributed by atoms with Crippen LogP contribution in [0.4, 0.5) is 0 Å². The van der Waals surface area contributed by atoms with Crippen molar-refractivity contribution < 1.29 is 5.11 Å². The van der Waals surface area contributed by atoms with Crippen molar-refractivity contribution in [2.45, 2.75) is 58.0 Å². The van der Waals surface area contributed by atoms with Gasteiger partial charge < -0.3 is 10.4 Å². The third kappa shape index (κ3) is 4.10. The van der Waals surface area contributed by atoms with E-state index in [0.717, 1.165) is 6.42 Å². The summed E-state index contributed by atoms with van der Waals surface area (Å²) in [6.07, 6.45) is 6.41. The number of hydrogen-bond acceptors (Lipinski definition) is 2. The Morgan fingerprint density at radius 3 is 2.38 bits per heavy atom. The minimum absolute atomic E-state index is 0.286. The molecule has 0 aliphatic heterocycles. The van der Waals surface area contributed by atoms with Gasteiger partial charge in [-0.25, -0.2) is 0 Å². The molecule has 2 nitrogen and oxygen atoms in total. The summed E-state index contributed by atoms with van der Waals surface area (Å²) in [6, 6.07) is 0.999. The lowest BCUT2D eigenvalue weighted by atomic mass is 10.0. The maximum Gasteiger partial charge on any atom is 0.0584 e. The minimum atomic E-state index is 0.286. The van der Waals surface area contributed by atoms with Crippen LogP contribution in [0.5, 0.6) is 0 Å². The van der Waals surface area contributed by atoms with Crippen molar-refractivity contribution in [3.63, 3.8) is 0 Å². The monoisotopic (exact) mass is 185 g/mol. The van der Waals surface area contributed by atoms with Crippen LogP contribution >= 0.6 is 0 Å². The fourth-order valence-corrected chi connectivity index (χ4v) is 2.19. The van der Waals surface area contributed by atoms with Crippen LogP contribution in [-0.4, -0.2) is 23.8 Å². The molecule has 78 valence electrons. The predicted molar refractivity (Wildman–Crippen MR) is 55.7 cm³/mol. The van der Waals surface area contributed by atoms with E-state index in [9.17, 15) is 5.11 Å². The molecule has 0 radical (unpaired) electrons. The zero-order valence-electron chi connectivity index (χ0n) is 8.92. The molecule has 0 aromatic heterocycles. The number of nitrogens with one attached hydrogen (secondary N) is 1. The Morgan fingerprint density at radius 1 is 1.31 bits per heavy atom. The molecule has 0 bridgehead atoms. The van der Waals surface area contributed by atoms with E-state index in [0.29, 0.717) is 18.0 Å². The quantitative estimate of drug-likeness (QED) is 0.686. The van der Waals surface area contributed by atoms with Crippen LogP contribution in [0.2, 0.25) is 0 Å². The molecule has 2 N–H and O–H groups in total. The first-order valence-electron chi connectivity index (χ1n) is 5.59. The van der Waals surface area contributed by atoms with Gasteiger partial charge in [0.2, 0.25) is 0 Å². The highest BCUT2D eigenvalue weighted by Gasteiger charge is 2.18. The van der Waals surface area contributed by atoms with Crippen molar-refractivity contribution in [3.8, 4) is 0 Å². The summed E-state index contributed by atoms with van der Waals surface area (Å²) in [5.74, 6) is 0.672. The second-order valence-electron chi connectivity index (χ2n) is 4.66. The lowest BCUT2D eigenvalue weighted by Gasteiger charge is -2.22. The standard InChI is InChI=1S/C11H23NO/c1-9(2)7-11(8-13)12-10-5-3-4-6-10/h9-13H,3-8H2,1-2H3/t11-/m0/s1. The molecule has 13 heavy (non-hydrogen) atoms. The van der Waals surface area contributed by atoms with Crippen molar-refractivity contribution in [1.82, 2.24) is 5.32 Å². The fraction of sp³-hybridized carbons (Fsp3) is 1.00. The SMILES string of the molecule is CC(C)C[C@@H](CO)NC1CCCC1. The molecule has 1 atom stereocenters. The highest BCUT2D eigenvalue weighted by Crippen LogP contribution is 2.19. The molecule has 1 fully saturated rings. The first-order chi connectivity index (χ1) is 6.22. The van der Waals surface area contributed by atoms with Crippen molar-refractivity contribution in [2.75, 3.05) is 6.61 Å². The Balaban J connectivity index is 2.21. The van der Waals surface area contributed by atoms with Gasteiger partial charge in [-0.2, -0.15) is 0 Å². The Morgan fingerprint density at radius 2 is 1.92 bits per heavy atom. The van der Waals surface area contributed by atoms with Crippen molar-refractivity contribution >= 4 is 0 Å². The molecule has 1 saturated carbocycles. The van der Waals surface area contributed by atoms with E-state index in [2.05, 4.69) is 19.2 Å². The van der Waals surface area contributed by atoms with Crippen LogP contribution in [0.3, 0.4) is 0 Å². The fourth-order valence-electron chi connectivity index (χ4n) is 2.19. The van der Waals surface area contributed by atoms with Gasteiger partial charge in [-0.3, -0.25) is 0 Å². The van der Waals surface area contributed by atoms with Gasteiger partial charge in [-0.05, 0) is 25.2 Å². The van der Waals surface area contributed by atoms with E-state index >= 15 is 0 Å². The molecule has 0 unspecified atom stereocenters. The van der Waals surface area contributed by atoms with Gasteiger partial charge in [-0.1, -0.05) is 26.7 Å². The van der Waals surface area contributed by atoms with Crippen molar-refractivity contribution in [1.29, 1.82) is 0 Å². The molecule has 0 amide bonds. The Labute approximate surface area is 81.7 Å². The van der Waals surface area contributed by atoms with Gasteiger partial charge >= 0.3 is 0 Å². The molecule has 0 spiro atoms. The average molecular weight is 185 g/mol. The van der Waals surface area contributed by atoms with E-state index in [-0.39, 0.29) is 6.61 Å². The zero-order chi connectivity index (χ0) is 9.68. The van der Waals surface area contributed by atoms with Crippen LogP contribution in [0.15, 0.2) is 0 Å². The van der Waals surface area contributed by atoms with Crippen LogP contribution in [0, 0.1) is 5.92 Å². The second kappa shape index (κ2) is 5.61. The predicted octanol–water partition coefficient (Wildman–Crippen LogP) is 1.93. The van der Waals surface area contributed by atoms with E-state index in [1.807, 2.05) is 0 Å². The number of aliphatic hydroxyl groups is 1. The molecule has 0 saturated heterocycles. The van der Waals surface area contributed by atoms with Gasteiger partial charge in [-0.15, -0.1) is 0 Å². The minimum Gasteiger partial charge on any atom is -0.395 e. The Bertz CT molecular complexity index is 130. The summed E-state index contributed by atoms with van der Waals surface area (Å²) in [5, 5.41) is 12.7. The topological polar surface area (TPSA) is 32.3 Å². The maximum absolute atomic E-state index is 9.17. The number of hydrogen-bond donors (Lipinski definition) is 2. The van der Waals surface area contributed by atoms with Crippen molar-refractivity contribution in [2.24, 2.45) is 5.92 Å². The summed E-state index contributed by atoms with van der Waals surface area (Å²) in [5.41, 5.74) is 0. The normalized spacial score (nSPS) is 21.2. The smallest absolute Gasteiger partial charge is 0.0584 e. The molecule has 1 aliphatic carbocycles. The van der Waals surface area contributed by atoms with E-state index in [1.165, 1.54) is 25.7 Å². The molecule has 0 aromatic rings. The largest absolute Gasteiger partial charge is 0.395 e. The number of aliphatic hydroxyl groups excluding tert-OH is 1. The molecule has 2 heteroatoms. The summed E-state index contributed by atoms with van der Waals surface area (Å²) in [4.78, 5) is 0. The van der Waals surface area contributed by atoms with Gasteiger partial charge in [0.05, 0.1) is 6.61 Å². The molecule has 0 aromatic carbocycles. The number of rotatable bonds is 5. The zero-order valence-corrected chi connectivity index (χ0v) is 8.92. The molecule has 1 aliphatic rings.